The summed E-state index contributed by atoms with van der Waals surface area (Å²) in [6.45, 7) is 1.88. The van der Waals surface area contributed by atoms with Gasteiger partial charge in [-0.3, -0.25) is 4.79 Å². The van der Waals surface area contributed by atoms with Crippen molar-refractivity contribution in [1.29, 1.82) is 0 Å². The summed E-state index contributed by atoms with van der Waals surface area (Å²) in [6, 6.07) is 5.03. The van der Waals surface area contributed by atoms with E-state index in [0.717, 1.165) is 11.3 Å². The molecule has 1 heterocycles. The molecule has 0 spiro atoms. The quantitative estimate of drug-likeness (QED) is 0.777. The number of aryl methyl sites for hydroxylation is 1. The van der Waals surface area contributed by atoms with Crippen molar-refractivity contribution in [3.63, 3.8) is 0 Å². The molecule has 0 unspecified atom stereocenters. The number of carboxylic acids is 1. The summed E-state index contributed by atoms with van der Waals surface area (Å²) in [5.74, 6) is -1.18. The summed E-state index contributed by atoms with van der Waals surface area (Å²) in [5, 5.41) is 25.6. The summed E-state index contributed by atoms with van der Waals surface area (Å²) in [5.41, 5.74) is 2.28. The van der Waals surface area contributed by atoms with E-state index in [1.54, 1.807) is 6.07 Å². The molecule has 1 aromatic heterocycles. The van der Waals surface area contributed by atoms with Gasteiger partial charge in [-0.2, -0.15) is 0 Å². The van der Waals surface area contributed by atoms with Gasteiger partial charge in [0.05, 0.1) is 11.6 Å². The number of nitrogens with one attached hydrogen (secondary N) is 2. The van der Waals surface area contributed by atoms with E-state index in [1.165, 1.54) is 11.0 Å². The molecule has 3 rings (SSSR count). The molecule has 1 fully saturated rings. The van der Waals surface area contributed by atoms with Gasteiger partial charge in [0.2, 0.25) is 0 Å². The topological polar surface area (TPSA) is 122 Å². The fraction of sp³-hybridized carbons (Fsp3) is 0.400. The Morgan fingerprint density at radius 1 is 1.33 bits per heavy atom. The highest BCUT2D eigenvalue weighted by Crippen LogP contribution is 2.26. The largest absolute Gasteiger partial charge is 0.481 e. The summed E-state index contributed by atoms with van der Waals surface area (Å²) in [7, 11) is 0. The Morgan fingerprint density at radius 3 is 2.83 bits per heavy atom. The van der Waals surface area contributed by atoms with Crippen molar-refractivity contribution >= 4 is 17.7 Å². The molecule has 0 bridgehead atoms. The van der Waals surface area contributed by atoms with E-state index in [4.69, 9.17) is 5.11 Å². The number of tetrazole rings is 1. The molecular formula is C15H18N6O3. The third-order valence-corrected chi connectivity index (χ3v) is 4.20. The first kappa shape index (κ1) is 15.9. The van der Waals surface area contributed by atoms with Crippen LogP contribution in [0.15, 0.2) is 24.5 Å². The maximum atomic E-state index is 12.2. The minimum Gasteiger partial charge on any atom is -0.481 e. The van der Waals surface area contributed by atoms with Gasteiger partial charge in [0, 0.05) is 11.7 Å². The molecular weight excluding hydrogens is 312 g/mol. The number of carboxylic acid groups (broad SMARTS) is 1. The molecule has 1 saturated carbocycles. The molecule has 126 valence electrons. The zero-order valence-electron chi connectivity index (χ0n) is 13.1. The van der Waals surface area contributed by atoms with E-state index in [0.29, 0.717) is 24.9 Å². The molecule has 24 heavy (non-hydrogen) atoms. The molecule has 2 aromatic rings. The number of benzene rings is 1. The Bertz CT molecular complexity index is 746. The van der Waals surface area contributed by atoms with Gasteiger partial charge in [-0.25, -0.2) is 9.48 Å². The lowest BCUT2D eigenvalue weighted by molar-refractivity contribution is -0.141. The summed E-state index contributed by atoms with van der Waals surface area (Å²) < 4.78 is 1.50. The highest BCUT2D eigenvalue weighted by Gasteiger charge is 2.30. The van der Waals surface area contributed by atoms with Gasteiger partial charge in [0.15, 0.2) is 0 Å². The number of anilines is 1. The lowest BCUT2D eigenvalue weighted by Gasteiger charge is -2.15. The molecule has 9 heteroatoms. The fourth-order valence-corrected chi connectivity index (χ4v) is 2.85. The molecule has 2 amide bonds. The minimum atomic E-state index is -0.801. The van der Waals surface area contributed by atoms with Crippen LogP contribution in [-0.2, 0) is 4.79 Å². The van der Waals surface area contributed by atoms with Crippen LogP contribution in [0.5, 0.6) is 0 Å². The first-order valence-corrected chi connectivity index (χ1v) is 7.67. The van der Waals surface area contributed by atoms with Crippen LogP contribution in [-0.4, -0.2) is 43.4 Å². The molecule has 1 aliphatic carbocycles. The smallest absolute Gasteiger partial charge is 0.319 e. The van der Waals surface area contributed by atoms with Crippen LogP contribution in [0.1, 0.15) is 24.8 Å². The second-order valence-electron chi connectivity index (χ2n) is 5.90. The van der Waals surface area contributed by atoms with E-state index < -0.39 is 5.97 Å². The summed E-state index contributed by atoms with van der Waals surface area (Å²) in [6.07, 6.45) is 3.20. The lowest BCUT2D eigenvalue weighted by atomic mass is 10.1. The van der Waals surface area contributed by atoms with E-state index in [9.17, 15) is 9.59 Å². The number of amides is 2. The zero-order valence-corrected chi connectivity index (χ0v) is 13.1. The highest BCUT2D eigenvalue weighted by atomic mass is 16.4. The maximum absolute atomic E-state index is 12.2. The fourth-order valence-electron chi connectivity index (χ4n) is 2.85. The van der Waals surface area contributed by atoms with Gasteiger partial charge < -0.3 is 15.7 Å². The predicted octanol–water partition coefficient (Wildman–Crippen LogP) is 1.35. The third-order valence-electron chi connectivity index (χ3n) is 4.20. The summed E-state index contributed by atoms with van der Waals surface area (Å²) in [4.78, 5) is 23.2. The number of nitrogens with zero attached hydrogens (tertiary/aromatic N) is 4. The van der Waals surface area contributed by atoms with Crippen LogP contribution in [0.25, 0.3) is 5.69 Å². The van der Waals surface area contributed by atoms with Crippen LogP contribution in [0, 0.1) is 12.8 Å². The maximum Gasteiger partial charge on any atom is 0.319 e. The number of aliphatic carboxylic acids is 1. The SMILES string of the molecule is Cc1ccc(-n2cnnn2)cc1NC(=O)N[C@@H]1CC[C@H](C(=O)O)C1. The number of hydrogen-bond donors (Lipinski definition) is 3. The van der Waals surface area contributed by atoms with E-state index >= 15 is 0 Å². The number of carbonyl (C=O) groups excluding carboxylic acids is 1. The first-order valence-electron chi connectivity index (χ1n) is 7.67. The average Bonchev–Trinajstić information content (AvgIpc) is 3.20. The minimum absolute atomic E-state index is 0.117. The van der Waals surface area contributed by atoms with Gasteiger partial charge in [0.1, 0.15) is 6.33 Å². The first-order chi connectivity index (χ1) is 11.5. The van der Waals surface area contributed by atoms with E-state index in [-0.39, 0.29) is 18.0 Å². The molecule has 3 N–H and O–H groups in total. The number of carbonyl (C=O) groups is 2. The Labute approximate surface area is 138 Å². The number of rotatable bonds is 4. The molecule has 9 nitrogen and oxygen atoms in total. The van der Waals surface area contributed by atoms with Crippen molar-refractivity contribution < 1.29 is 14.7 Å². The average molecular weight is 330 g/mol. The normalized spacial score (nSPS) is 19.9. The molecule has 1 aromatic carbocycles. The Morgan fingerprint density at radius 2 is 2.17 bits per heavy atom. The zero-order chi connectivity index (χ0) is 17.1. The van der Waals surface area contributed by atoms with E-state index in [1.807, 2.05) is 19.1 Å². The van der Waals surface area contributed by atoms with Crippen LogP contribution >= 0.6 is 0 Å². The van der Waals surface area contributed by atoms with Crippen molar-refractivity contribution in [2.45, 2.75) is 32.2 Å². The van der Waals surface area contributed by atoms with Crippen molar-refractivity contribution in [3.05, 3.63) is 30.1 Å². The highest BCUT2D eigenvalue weighted by molar-refractivity contribution is 5.90. The van der Waals surface area contributed by atoms with Crippen molar-refractivity contribution in [1.82, 2.24) is 25.5 Å². The van der Waals surface area contributed by atoms with Gasteiger partial charge in [-0.05, 0) is 54.3 Å². The van der Waals surface area contributed by atoms with Crippen molar-refractivity contribution in [2.75, 3.05) is 5.32 Å². The Hall–Kier alpha value is -2.97. The second kappa shape index (κ2) is 6.65. The molecule has 2 atom stereocenters. The second-order valence-corrected chi connectivity index (χ2v) is 5.90. The Kier molecular flexibility index (Phi) is 4.41. The van der Waals surface area contributed by atoms with Crippen molar-refractivity contribution in [2.24, 2.45) is 5.92 Å². The van der Waals surface area contributed by atoms with Crippen molar-refractivity contribution in [3.8, 4) is 5.69 Å². The monoisotopic (exact) mass is 330 g/mol. The van der Waals surface area contributed by atoms with Crippen LogP contribution in [0.2, 0.25) is 0 Å². The Balaban J connectivity index is 1.64. The number of hydrogen-bond acceptors (Lipinski definition) is 5. The molecule has 0 radical (unpaired) electrons. The van der Waals surface area contributed by atoms with E-state index in [2.05, 4.69) is 26.2 Å². The molecule has 0 aliphatic heterocycles. The van der Waals surface area contributed by atoms with Crippen LogP contribution in [0.4, 0.5) is 10.5 Å². The van der Waals surface area contributed by atoms with Crippen LogP contribution in [0.3, 0.4) is 0 Å². The van der Waals surface area contributed by atoms with Gasteiger partial charge in [-0.15, -0.1) is 5.10 Å². The molecule has 0 saturated heterocycles. The van der Waals surface area contributed by atoms with Gasteiger partial charge in [-0.1, -0.05) is 6.07 Å². The van der Waals surface area contributed by atoms with Crippen LogP contribution < -0.4 is 10.6 Å². The standard InChI is InChI=1S/C15H18N6O3/c1-9-2-5-12(21-8-16-19-20-21)7-13(9)18-15(24)17-11-4-3-10(6-11)14(22)23/h2,5,7-8,10-11H,3-4,6H2,1H3,(H,22,23)(H2,17,18,24)/t10-,11+/m0/s1. The lowest BCUT2D eigenvalue weighted by Crippen LogP contribution is -2.36. The van der Waals surface area contributed by atoms with Gasteiger partial charge >= 0.3 is 12.0 Å². The summed E-state index contributed by atoms with van der Waals surface area (Å²) >= 11 is 0. The third kappa shape index (κ3) is 3.50. The van der Waals surface area contributed by atoms with Gasteiger partial charge in [0.25, 0.3) is 0 Å². The predicted molar refractivity (Wildman–Crippen MR) is 84.8 cm³/mol. The number of urea groups is 1. The number of aromatic nitrogens is 4. The molecule has 1 aliphatic rings.